The highest BCUT2D eigenvalue weighted by molar-refractivity contribution is 5.95. The molecule has 21 heavy (non-hydrogen) atoms. The highest BCUT2D eigenvalue weighted by atomic mass is 16.4. The van der Waals surface area contributed by atoms with Crippen LogP contribution in [0.2, 0.25) is 0 Å². The number of nitrogen functional groups attached to an aromatic ring is 1. The summed E-state index contributed by atoms with van der Waals surface area (Å²) < 4.78 is 0. The van der Waals surface area contributed by atoms with E-state index in [9.17, 15) is 9.90 Å². The monoisotopic (exact) mass is 291 g/mol. The molecule has 0 unspecified atom stereocenters. The van der Waals surface area contributed by atoms with Crippen molar-refractivity contribution in [3.63, 3.8) is 0 Å². The molecule has 0 radical (unpaired) electrons. The Morgan fingerprint density at radius 1 is 1.33 bits per heavy atom. The van der Waals surface area contributed by atoms with Crippen LogP contribution in [0.3, 0.4) is 0 Å². The molecule has 0 heterocycles. The summed E-state index contributed by atoms with van der Waals surface area (Å²) in [5.74, 6) is -0.975. The fourth-order valence-corrected chi connectivity index (χ4v) is 3.04. The van der Waals surface area contributed by atoms with Crippen molar-refractivity contribution >= 4 is 17.3 Å². The van der Waals surface area contributed by atoms with E-state index in [1.807, 2.05) is 20.0 Å². The van der Waals surface area contributed by atoms with Crippen molar-refractivity contribution in [2.24, 2.45) is 0 Å². The number of likely N-dealkylation sites (N-methyl/N-ethyl adjacent to an activating group) is 2. The predicted molar refractivity (Wildman–Crippen MR) is 86.1 cm³/mol. The minimum Gasteiger partial charge on any atom is -0.478 e. The van der Waals surface area contributed by atoms with Gasteiger partial charge in [-0.15, -0.1) is 0 Å². The fourth-order valence-electron chi connectivity index (χ4n) is 3.04. The van der Waals surface area contributed by atoms with Crippen LogP contribution in [0.1, 0.15) is 35.2 Å². The van der Waals surface area contributed by atoms with Crippen molar-refractivity contribution in [1.82, 2.24) is 4.90 Å². The molecule has 5 nitrogen and oxygen atoms in total. The van der Waals surface area contributed by atoms with Gasteiger partial charge >= 0.3 is 5.97 Å². The van der Waals surface area contributed by atoms with E-state index in [4.69, 9.17) is 5.73 Å². The van der Waals surface area contributed by atoms with Crippen molar-refractivity contribution in [2.75, 3.05) is 38.3 Å². The van der Waals surface area contributed by atoms with Crippen LogP contribution in [0.25, 0.3) is 0 Å². The average Bonchev–Trinajstić information content (AvgIpc) is 2.35. The molecule has 1 aromatic carbocycles. The molecule has 2 rings (SSSR count). The highest BCUT2D eigenvalue weighted by Gasteiger charge is 2.40. The molecule has 1 aromatic rings. The summed E-state index contributed by atoms with van der Waals surface area (Å²) in [6.45, 7) is 2.74. The van der Waals surface area contributed by atoms with Gasteiger partial charge in [0.15, 0.2) is 0 Å². The SMILES string of the molecule is Cc1cc(N(C)CC2(N(C)C)CCC2)cc(C(=O)O)c1N. The van der Waals surface area contributed by atoms with Gasteiger partial charge in [-0.25, -0.2) is 4.79 Å². The van der Waals surface area contributed by atoms with E-state index >= 15 is 0 Å². The maximum absolute atomic E-state index is 11.3. The van der Waals surface area contributed by atoms with Crippen molar-refractivity contribution < 1.29 is 9.90 Å². The Bertz CT molecular complexity index is 551. The lowest BCUT2D eigenvalue weighted by molar-refractivity contribution is 0.0683. The number of carboxylic acids is 1. The summed E-state index contributed by atoms with van der Waals surface area (Å²) >= 11 is 0. The van der Waals surface area contributed by atoms with Gasteiger partial charge in [-0.3, -0.25) is 0 Å². The van der Waals surface area contributed by atoms with Gasteiger partial charge in [0.1, 0.15) is 0 Å². The standard InChI is InChI=1S/C16H25N3O2/c1-11-8-12(9-13(14(11)17)15(20)21)19(4)10-16(18(2)3)6-5-7-16/h8-9H,5-7,10,17H2,1-4H3,(H,20,21). The second-order valence-corrected chi connectivity index (χ2v) is 6.36. The maximum atomic E-state index is 11.3. The first-order valence-electron chi connectivity index (χ1n) is 7.29. The smallest absolute Gasteiger partial charge is 0.337 e. The van der Waals surface area contributed by atoms with E-state index < -0.39 is 5.97 Å². The van der Waals surface area contributed by atoms with Crippen molar-refractivity contribution in [2.45, 2.75) is 31.7 Å². The van der Waals surface area contributed by atoms with Gasteiger partial charge in [-0.05, 0) is 58.0 Å². The van der Waals surface area contributed by atoms with E-state index in [1.54, 1.807) is 6.07 Å². The molecule has 0 aromatic heterocycles. The number of benzene rings is 1. The number of hydrogen-bond acceptors (Lipinski definition) is 4. The Morgan fingerprint density at radius 3 is 2.38 bits per heavy atom. The lowest BCUT2D eigenvalue weighted by atomic mass is 9.75. The molecular weight excluding hydrogens is 266 g/mol. The number of aryl methyl sites for hydroxylation is 1. The molecule has 5 heteroatoms. The molecule has 1 aliphatic carbocycles. The number of anilines is 2. The first-order valence-corrected chi connectivity index (χ1v) is 7.29. The van der Waals surface area contributed by atoms with Gasteiger partial charge in [0, 0.05) is 30.5 Å². The quantitative estimate of drug-likeness (QED) is 0.814. The van der Waals surface area contributed by atoms with Crippen LogP contribution in [0.5, 0.6) is 0 Å². The number of nitrogens with two attached hydrogens (primary N) is 1. The van der Waals surface area contributed by atoms with Crippen LogP contribution in [0.4, 0.5) is 11.4 Å². The van der Waals surface area contributed by atoms with Crippen LogP contribution in [-0.2, 0) is 0 Å². The van der Waals surface area contributed by atoms with Crippen LogP contribution < -0.4 is 10.6 Å². The number of hydrogen-bond donors (Lipinski definition) is 2. The third-order valence-electron chi connectivity index (χ3n) is 4.81. The van der Waals surface area contributed by atoms with Crippen LogP contribution in [0.15, 0.2) is 12.1 Å². The second kappa shape index (κ2) is 5.56. The Morgan fingerprint density at radius 2 is 1.95 bits per heavy atom. The third-order valence-corrected chi connectivity index (χ3v) is 4.81. The highest BCUT2D eigenvalue weighted by Crippen LogP contribution is 2.38. The van der Waals surface area contributed by atoms with Crippen LogP contribution in [0, 0.1) is 6.92 Å². The fraction of sp³-hybridized carbons (Fsp3) is 0.562. The van der Waals surface area contributed by atoms with Crippen LogP contribution >= 0.6 is 0 Å². The summed E-state index contributed by atoms with van der Waals surface area (Å²) in [6, 6.07) is 3.64. The minimum absolute atomic E-state index is 0.185. The number of aromatic carboxylic acids is 1. The first kappa shape index (κ1) is 15.6. The molecule has 116 valence electrons. The molecule has 1 aliphatic rings. The van der Waals surface area contributed by atoms with E-state index in [2.05, 4.69) is 23.9 Å². The zero-order valence-corrected chi connectivity index (χ0v) is 13.3. The summed E-state index contributed by atoms with van der Waals surface area (Å²) in [5, 5.41) is 9.27. The summed E-state index contributed by atoms with van der Waals surface area (Å²) in [6.07, 6.45) is 3.63. The van der Waals surface area contributed by atoms with E-state index in [-0.39, 0.29) is 11.1 Å². The molecule has 0 amide bonds. The van der Waals surface area contributed by atoms with E-state index in [1.165, 1.54) is 19.3 Å². The lowest BCUT2D eigenvalue weighted by Gasteiger charge is -2.49. The Hall–Kier alpha value is -1.75. The normalized spacial score (nSPS) is 16.6. The van der Waals surface area contributed by atoms with Gasteiger partial charge in [-0.1, -0.05) is 0 Å². The van der Waals surface area contributed by atoms with Crippen molar-refractivity contribution in [3.8, 4) is 0 Å². The molecule has 0 saturated heterocycles. The Labute approximate surface area is 126 Å². The predicted octanol–water partition coefficient (Wildman–Crippen LogP) is 2.20. The topological polar surface area (TPSA) is 69.8 Å². The van der Waals surface area contributed by atoms with Gasteiger partial charge in [0.2, 0.25) is 0 Å². The number of carbonyl (C=O) groups is 1. The largest absolute Gasteiger partial charge is 0.478 e. The van der Waals surface area contributed by atoms with E-state index in [0.29, 0.717) is 5.69 Å². The Balaban J connectivity index is 2.27. The van der Waals surface area contributed by atoms with Crippen molar-refractivity contribution in [3.05, 3.63) is 23.3 Å². The first-order chi connectivity index (χ1) is 9.77. The number of carboxylic acid groups (broad SMARTS) is 1. The molecule has 3 N–H and O–H groups in total. The summed E-state index contributed by atoms with van der Waals surface area (Å²) in [5.41, 5.74) is 8.32. The number of rotatable bonds is 5. The minimum atomic E-state index is -0.975. The van der Waals surface area contributed by atoms with E-state index in [0.717, 1.165) is 17.8 Å². The zero-order chi connectivity index (χ0) is 15.8. The van der Waals surface area contributed by atoms with Crippen LogP contribution in [-0.4, -0.2) is 49.2 Å². The zero-order valence-electron chi connectivity index (χ0n) is 13.3. The van der Waals surface area contributed by atoms with Crippen molar-refractivity contribution in [1.29, 1.82) is 0 Å². The molecule has 1 fully saturated rings. The molecule has 0 bridgehead atoms. The number of nitrogens with zero attached hydrogens (tertiary/aromatic N) is 2. The lowest BCUT2D eigenvalue weighted by Crippen LogP contribution is -2.56. The van der Waals surface area contributed by atoms with Gasteiger partial charge in [0.05, 0.1) is 5.56 Å². The molecule has 0 atom stereocenters. The summed E-state index contributed by atoms with van der Waals surface area (Å²) in [4.78, 5) is 15.7. The Kier molecular flexibility index (Phi) is 4.14. The van der Waals surface area contributed by atoms with Gasteiger partial charge < -0.3 is 20.6 Å². The second-order valence-electron chi connectivity index (χ2n) is 6.36. The average molecular weight is 291 g/mol. The molecule has 0 spiro atoms. The van der Waals surface area contributed by atoms with Gasteiger partial charge in [-0.2, -0.15) is 0 Å². The van der Waals surface area contributed by atoms with Gasteiger partial charge in [0.25, 0.3) is 0 Å². The third kappa shape index (κ3) is 2.83. The molecular formula is C16H25N3O2. The molecule has 0 aliphatic heterocycles. The molecule has 1 saturated carbocycles. The maximum Gasteiger partial charge on any atom is 0.337 e. The summed E-state index contributed by atoms with van der Waals surface area (Å²) in [7, 11) is 6.24.